The van der Waals surface area contributed by atoms with Crippen LogP contribution in [0.5, 0.6) is 0 Å². The molecule has 0 saturated carbocycles. The highest BCUT2D eigenvalue weighted by molar-refractivity contribution is 7.89. The van der Waals surface area contributed by atoms with E-state index in [2.05, 4.69) is 10.6 Å². The van der Waals surface area contributed by atoms with Crippen LogP contribution < -0.4 is 10.6 Å². The number of carbonyl (C=O) groups is 1. The molecule has 3 aliphatic rings. The normalized spacial score (nSPS) is 35.0. The smallest absolute Gasteiger partial charge is 0.220 e. The van der Waals surface area contributed by atoms with Crippen molar-refractivity contribution in [3.05, 3.63) is 0 Å². The van der Waals surface area contributed by atoms with Crippen LogP contribution in [0.2, 0.25) is 0 Å². The number of hydrogen-bond donors (Lipinski definition) is 2. The molecular weight excluding hydrogens is 290 g/mol. The molecule has 0 aliphatic carbocycles. The number of hydrogen-bond acceptors (Lipinski definition) is 4. The Labute approximate surface area is 126 Å². The lowest BCUT2D eigenvalue weighted by molar-refractivity contribution is -0.124. The molecule has 1 amide bonds. The number of sulfonamides is 1. The first-order valence-corrected chi connectivity index (χ1v) is 9.66. The molecule has 7 heteroatoms. The Balaban J connectivity index is 1.59. The van der Waals surface area contributed by atoms with Crippen molar-refractivity contribution >= 4 is 15.9 Å². The Morgan fingerprint density at radius 3 is 2.81 bits per heavy atom. The molecule has 0 aromatic rings. The molecule has 0 aromatic heterocycles. The standard InChI is InChI=1S/C14H25N3O3S/c18-14-5-4-11-9-17(8-6-13(11)16-14)21(19,20)10-12-3-1-2-7-15-12/h11-13,15H,1-10H2,(H,16,18). The quantitative estimate of drug-likeness (QED) is 0.772. The molecule has 0 aromatic carbocycles. The molecule has 0 bridgehead atoms. The first-order valence-electron chi connectivity index (χ1n) is 8.05. The van der Waals surface area contributed by atoms with Crippen molar-refractivity contribution in [1.29, 1.82) is 0 Å². The van der Waals surface area contributed by atoms with E-state index in [4.69, 9.17) is 0 Å². The molecule has 3 atom stereocenters. The van der Waals surface area contributed by atoms with Crippen LogP contribution in [0.4, 0.5) is 0 Å². The second-order valence-corrected chi connectivity index (χ2v) is 8.56. The summed E-state index contributed by atoms with van der Waals surface area (Å²) < 4.78 is 26.8. The van der Waals surface area contributed by atoms with E-state index in [0.717, 1.165) is 38.6 Å². The van der Waals surface area contributed by atoms with Gasteiger partial charge >= 0.3 is 0 Å². The molecular formula is C14H25N3O3S. The lowest BCUT2D eigenvalue weighted by Crippen LogP contribution is -2.56. The minimum Gasteiger partial charge on any atom is -0.353 e. The van der Waals surface area contributed by atoms with Gasteiger partial charge in [-0.3, -0.25) is 4.79 Å². The van der Waals surface area contributed by atoms with Gasteiger partial charge in [-0.25, -0.2) is 12.7 Å². The van der Waals surface area contributed by atoms with Crippen molar-refractivity contribution in [2.24, 2.45) is 5.92 Å². The van der Waals surface area contributed by atoms with Crippen molar-refractivity contribution in [3.63, 3.8) is 0 Å². The van der Waals surface area contributed by atoms with E-state index in [-0.39, 0.29) is 29.7 Å². The molecule has 3 aliphatic heterocycles. The Morgan fingerprint density at radius 2 is 2.05 bits per heavy atom. The van der Waals surface area contributed by atoms with Crippen molar-refractivity contribution in [2.45, 2.75) is 50.6 Å². The van der Waals surface area contributed by atoms with Gasteiger partial charge in [0.1, 0.15) is 0 Å². The third-order valence-corrected chi connectivity index (χ3v) is 6.94. The summed E-state index contributed by atoms with van der Waals surface area (Å²) in [6.07, 6.45) is 5.29. The summed E-state index contributed by atoms with van der Waals surface area (Å²) in [4.78, 5) is 11.4. The predicted octanol–water partition coefficient (Wildman–Crippen LogP) is 0.0588. The highest BCUT2D eigenvalue weighted by Gasteiger charge is 2.38. The number of carbonyl (C=O) groups excluding carboxylic acids is 1. The predicted molar refractivity (Wildman–Crippen MR) is 80.3 cm³/mol. The lowest BCUT2D eigenvalue weighted by Gasteiger charge is -2.41. The van der Waals surface area contributed by atoms with E-state index in [1.54, 1.807) is 4.31 Å². The van der Waals surface area contributed by atoms with E-state index < -0.39 is 10.0 Å². The van der Waals surface area contributed by atoms with Crippen LogP contribution in [0, 0.1) is 5.92 Å². The molecule has 6 nitrogen and oxygen atoms in total. The number of piperidine rings is 3. The average Bonchev–Trinajstić information content (AvgIpc) is 2.47. The Bertz CT molecular complexity index is 488. The van der Waals surface area contributed by atoms with Gasteiger partial charge in [-0.1, -0.05) is 6.42 Å². The van der Waals surface area contributed by atoms with Crippen LogP contribution in [0.3, 0.4) is 0 Å². The largest absolute Gasteiger partial charge is 0.353 e. The second-order valence-electron chi connectivity index (χ2n) is 6.54. The van der Waals surface area contributed by atoms with Gasteiger partial charge in [0.05, 0.1) is 5.75 Å². The fourth-order valence-electron chi connectivity index (χ4n) is 3.76. The highest BCUT2D eigenvalue weighted by Crippen LogP contribution is 2.27. The number of nitrogens with zero attached hydrogens (tertiary/aromatic N) is 1. The third-order valence-electron chi connectivity index (χ3n) is 5.00. The van der Waals surface area contributed by atoms with E-state index in [0.29, 0.717) is 19.5 Å². The molecule has 3 unspecified atom stereocenters. The van der Waals surface area contributed by atoms with Crippen LogP contribution >= 0.6 is 0 Å². The summed E-state index contributed by atoms with van der Waals surface area (Å²) in [7, 11) is -3.19. The van der Waals surface area contributed by atoms with Crippen LogP contribution in [0.15, 0.2) is 0 Å². The Morgan fingerprint density at radius 1 is 1.19 bits per heavy atom. The summed E-state index contributed by atoms with van der Waals surface area (Å²) in [5.41, 5.74) is 0. The molecule has 0 radical (unpaired) electrons. The number of fused-ring (bicyclic) bond motifs is 1. The molecule has 0 spiro atoms. The highest BCUT2D eigenvalue weighted by atomic mass is 32.2. The maximum absolute atomic E-state index is 12.6. The second kappa shape index (κ2) is 6.22. The van der Waals surface area contributed by atoms with Gasteiger partial charge in [0, 0.05) is 31.6 Å². The van der Waals surface area contributed by atoms with Crippen LogP contribution in [0.25, 0.3) is 0 Å². The fraction of sp³-hybridized carbons (Fsp3) is 0.929. The van der Waals surface area contributed by atoms with Gasteiger partial charge in [0.25, 0.3) is 0 Å². The van der Waals surface area contributed by atoms with Crippen molar-refractivity contribution in [3.8, 4) is 0 Å². The minimum atomic E-state index is -3.19. The zero-order valence-corrected chi connectivity index (χ0v) is 13.2. The zero-order valence-electron chi connectivity index (χ0n) is 12.4. The SMILES string of the molecule is O=C1CCC2CN(S(=O)(=O)CC3CCCCN3)CCC2N1. The number of rotatable bonds is 3. The minimum absolute atomic E-state index is 0.104. The first kappa shape index (κ1) is 15.2. The number of amides is 1. The summed E-state index contributed by atoms with van der Waals surface area (Å²) in [6, 6.07) is 0.276. The topological polar surface area (TPSA) is 78.5 Å². The summed E-state index contributed by atoms with van der Waals surface area (Å²) >= 11 is 0. The maximum atomic E-state index is 12.6. The van der Waals surface area contributed by atoms with E-state index in [1.165, 1.54) is 0 Å². The first-order chi connectivity index (χ1) is 10.0. The Kier molecular flexibility index (Phi) is 4.51. The van der Waals surface area contributed by atoms with Crippen LogP contribution in [0.1, 0.15) is 38.5 Å². The van der Waals surface area contributed by atoms with Crippen molar-refractivity contribution < 1.29 is 13.2 Å². The van der Waals surface area contributed by atoms with Gasteiger partial charge in [-0.15, -0.1) is 0 Å². The van der Waals surface area contributed by atoms with Crippen molar-refractivity contribution in [2.75, 3.05) is 25.4 Å². The van der Waals surface area contributed by atoms with Gasteiger partial charge < -0.3 is 10.6 Å². The molecule has 3 heterocycles. The third kappa shape index (κ3) is 3.57. The average molecular weight is 315 g/mol. The van der Waals surface area contributed by atoms with Gasteiger partial charge in [0.2, 0.25) is 15.9 Å². The molecule has 3 saturated heterocycles. The summed E-state index contributed by atoms with van der Waals surface area (Å²) in [5.74, 6) is 0.612. The zero-order chi connectivity index (χ0) is 14.9. The van der Waals surface area contributed by atoms with E-state index in [9.17, 15) is 13.2 Å². The number of nitrogens with one attached hydrogen (secondary N) is 2. The van der Waals surface area contributed by atoms with Gasteiger partial charge in [-0.05, 0) is 38.1 Å². The lowest BCUT2D eigenvalue weighted by atomic mass is 9.86. The molecule has 2 N–H and O–H groups in total. The monoisotopic (exact) mass is 315 g/mol. The Hall–Kier alpha value is -0.660. The summed E-state index contributed by atoms with van der Waals surface area (Å²) in [6.45, 7) is 2.04. The van der Waals surface area contributed by atoms with Gasteiger partial charge in [-0.2, -0.15) is 0 Å². The molecule has 21 heavy (non-hydrogen) atoms. The molecule has 3 fully saturated rings. The molecule has 3 rings (SSSR count). The fourth-order valence-corrected chi connectivity index (χ4v) is 5.56. The van der Waals surface area contributed by atoms with Crippen molar-refractivity contribution in [1.82, 2.24) is 14.9 Å². The van der Waals surface area contributed by atoms with E-state index in [1.807, 2.05) is 0 Å². The summed E-state index contributed by atoms with van der Waals surface area (Å²) in [5, 5.41) is 6.31. The van der Waals surface area contributed by atoms with E-state index >= 15 is 0 Å². The van der Waals surface area contributed by atoms with Crippen LogP contribution in [-0.4, -0.2) is 56.1 Å². The van der Waals surface area contributed by atoms with Crippen LogP contribution in [-0.2, 0) is 14.8 Å². The van der Waals surface area contributed by atoms with Gasteiger partial charge in [0.15, 0.2) is 0 Å². The maximum Gasteiger partial charge on any atom is 0.220 e. The molecule has 120 valence electrons.